The third-order valence-electron chi connectivity index (χ3n) is 5.29. The molecular formula is C26H23N3O5. The Morgan fingerprint density at radius 3 is 2.29 bits per heavy atom. The highest BCUT2D eigenvalue weighted by Gasteiger charge is 2.19. The van der Waals surface area contributed by atoms with Crippen molar-refractivity contribution < 1.29 is 19.1 Å². The Morgan fingerprint density at radius 1 is 0.971 bits per heavy atom. The molecule has 34 heavy (non-hydrogen) atoms. The van der Waals surface area contributed by atoms with Gasteiger partial charge in [-0.2, -0.15) is 0 Å². The van der Waals surface area contributed by atoms with Crippen LogP contribution in [0.4, 0.5) is 5.69 Å². The van der Waals surface area contributed by atoms with Gasteiger partial charge in [-0.1, -0.05) is 30.3 Å². The molecule has 172 valence electrons. The van der Waals surface area contributed by atoms with E-state index in [4.69, 9.17) is 9.47 Å². The number of nitrogens with zero attached hydrogens (tertiary/aromatic N) is 2. The molecule has 0 aliphatic heterocycles. The minimum atomic E-state index is -0.425. The normalized spacial score (nSPS) is 10.7. The largest absolute Gasteiger partial charge is 0.497 e. The molecule has 0 unspecified atom stereocenters. The van der Waals surface area contributed by atoms with Crippen molar-refractivity contribution in [3.8, 4) is 11.5 Å². The average Bonchev–Trinajstić information content (AvgIpc) is 2.85. The highest BCUT2D eigenvalue weighted by molar-refractivity contribution is 6.10. The summed E-state index contributed by atoms with van der Waals surface area (Å²) < 4.78 is 12.0. The van der Waals surface area contributed by atoms with Gasteiger partial charge in [-0.3, -0.25) is 14.4 Å². The van der Waals surface area contributed by atoms with Gasteiger partial charge in [0.2, 0.25) is 11.3 Å². The molecule has 0 spiro atoms. The summed E-state index contributed by atoms with van der Waals surface area (Å²) in [5.74, 6) is 0.259. The predicted molar refractivity (Wildman–Crippen MR) is 129 cm³/mol. The van der Waals surface area contributed by atoms with Gasteiger partial charge in [-0.05, 0) is 19.1 Å². The predicted octanol–water partition coefficient (Wildman–Crippen LogP) is 3.59. The summed E-state index contributed by atoms with van der Waals surface area (Å²) in [7, 11) is 3.04. The van der Waals surface area contributed by atoms with Crippen molar-refractivity contribution in [3.05, 3.63) is 93.9 Å². The molecule has 0 fully saturated rings. The van der Waals surface area contributed by atoms with Crippen molar-refractivity contribution >= 4 is 28.4 Å². The lowest BCUT2D eigenvalue weighted by molar-refractivity contribution is -0.116. The molecule has 0 aliphatic carbocycles. The number of carbonyl (C=O) groups excluding carboxylic acids is 2. The summed E-state index contributed by atoms with van der Waals surface area (Å²) in [6.45, 7) is 1.63. The zero-order valence-corrected chi connectivity index (χ0v) is 19.0. The van der Waals surface area contributed by atoms with Crippen LogP contribution in [-0.4, -0.2) is 35.5 Å². The third-order valence-corrected chi connectivity index (χ3v) is 5.29. The molecule has 1 amide bonds. The smallest absolute Gasteiger partial charge is 0.244 e. The van der Waals surface area contributed by atoms with Crippen LogP contribution in [0, 0.1) is 6.92 Å². The molecule has 8 nitrogen and oxygen atoms in total. The number of aromatic nitrogens is 2. The highest BCUT2D eigenvalue weighted by atomic mass is 16.5. The number of nitrogens with one attached hydrogen (secondary N) is 1. The first-order chi connectivity index (χ1) is 16.4. The van der Waals surface area contributed by atoms with Gasteiger partial charge in [0.25, 0.3) is 0 Å². The number of fused-ring (bicyclic) bond motifs is 1. The first-order valence-corrected chi connectivity index (χ1v) is 10.5. The number of methoxy groups -OCH3 is 2. The number of rotatable bonds is 7. The van der Waals surface area contributed by atoms with Crippen LogP contribution in [0.2, 0.25) is 0 Å². The number of carbonyl (C=O) groups is 2. The maximum absolute atomic E-state index is 13.1. The number of ether oxygens (including phenoxy) is 2. The lowest BCUT2D eigenvalue weighted by Crippen LogP contribution is -2.25. The highest BCUT2D eigenvalue weighted by Crippen LogP contribution is 2.26. The van der Waals surface area contributed by atoms with Crippen LogP contribution in [0.25, 0.3) is 11.0 Å². The number of hydrogen-bond donors (Lipinski definition) is 1. The molecule has 0 radical (unpaired) electrons. The van der Waals surface area contributed by atoms with E-state index >= 15 is 0 Å². The molecule has 2 heterocycles. The van der Waals surface area contributed by atoms with E-state index in [1.165, 1.54) is 25.0 Å². The quantitative estimate of drug-likeness (QED) is 0.426. The van der Waals surface area contributed by atoms with Gasteiger partial charge in [-0.15, -0.1) is 0 Å². The Hall–Kier alpha value is -4.46. The lowest BCUT2D eigenvalue weighted by atomic mass is 10.0. The van der Waals surface area contributed by atoms with Crippen LogP contribution in [0.1, 0.15) is 21.6 Å². The van der Waals surface area contributed by atoms with Crippen molar-refractivity contribution in [1.82, 2.24) is 9.55 Å². The Bertz CT molecular complexity index is 1420. The molecule has 1 N–H and O–H groups in total. The number of hydrogen-bond acceptors (Lipinski definition) is 6. The van der Waals surface area contributed by atoms with E-state index in [0.29, 0.717) is 34.1 Å². The van der Waals surface area contributed by atoms with Crippen LogP contribution in [0.15, 0.2) is 71.7 Å². The number of amides is 1. The summed E-state index contributed by atoms with van der Waals surface area (Å²) in [4.78, 5) is 43.6. The molecule has 8 heteroatoms. The summed E-state index contributed by atoms with van der Waals surface area (Å²) in [5, 5.41) is 3.07. The average molecular weight is 457 g/mol. The molecule has 0 aliphatic rings. The Balaban J connectivity index is 1.74. The number of benzene rings is 2. The molecule has 0 bridgehead atoms. The molecule has 4 aromatic rings. The summed E-state index contributed by atoms with van der Waals surface area (Å²) >= 11 is 0. The molecule has 0 atom stereocenters. The second-order valence-corrected chi connectivity index (χ2v) is 7.67. The Morgan fingerprint density at radius 2 is 1.65 bits per heavy atom. The van der Waals surface area contributed by atoms with Crippen LogP contribution < -0.4 is 20.2 Å². The van der Waals surface area contributed by atoms with Crippen molar-refractivity contribution in [1.29, 1.82) is 0 Å². The van der Waals surface area contributed by atoms with Crippen LogP contribution in [0.3, 0.4) is 0 Å². The van der Waals surface area contributed by atoms with Gasteiger partial charge in [0.15, 0.2) is 5.78 Å². The Kier molecular flexibility index (Phi) is 6.40. The number of aryl methyl sites for hydroxylation is 1. The second kappa shape index (κ2) is 9.58. The Labute approximate surface area is 195 Å². The monoisotopic (exact) mass is 457 g/mol. The molecule has 0 saturated carbocycles. The second-order valence-electron chi connectivity index (χ2n) is 7.67. The number of ketones is 1. The van der Waals surface area contributed by atoms with Gasteiger partial charge in [0.05, 0.1) is 25.2 Å². The van der Waals surface area contributed by atoms with Crippen molar-refractivity contribution in [2.75, 3.05) is 19.5 Å². The summed E-state index contributed by atoms with van der Waals surface area (Å²) in [6.07, 6.45) is 1.40. The van der Waals surface area contributed by atoms with Gasteiger partial charge in [0, 0.05) is 41.3 Å². The van der Waals surface area contributed by atoms with E-state index in [0.717, 1.165) is 0 Å². The van der Waals surface area contributed by atoms with Crippen molar-refractivity contribution in [2.24, 2.45) is 0 Å². The van der Waals surface area contributed by atoms with Gasteiger partial charge >= 0.3 is 0 Å². The maximum atomic E-state index is 13.1. The van der Waals surface area contributed by atoms with Gasteiger partial charge in [-0.25, -0.2) is 4.98 Å². The van der Waals surface area contributed by atoms with E-state index in [1.807, 2.05) is 0 Å². The van der Waals surface area contributed by atoms with Crippen molar-refractivity contribution in [2.45, 2.75) is 13.5 Å². The van der Waals surface area contributed by atoms with Crippen LogP contribution in [-0.2, 0) is 11.3 Å². The number of anilines is 1. The van der Waals surface area contributed by atoms with Crippen LogP contribution in [0.5, 0.6) is 11.5 Å². The van der Waals surface area contributed by atoms with E-state index in [-0.39, 0.29) is 23.4 Å². The van der Waals surface area contributed by atoms with E-state index < -0.39 is 11.2 Å². The van der Waals surface area contributed by atoms with E-state index in [1.54, 1.807) is 67.6 Å². The maximum Gasteiger partial charge on any atom is 0.244 e. The minimum Gasteiger partial charge on any atom is -0.497 e. The minimum absolute atomic E-state index is 0.0276. The molecule has 2 aromatic heterocycles. The first kappa shape index (κ1) is 22.7. The number of pyridine rings is 2. The fourth-order valence-electron chi connectivity index (χ4n) is 3.62. The fourth-order valence-corrected chi connectivity index (χ4v) is 3.62. The zero-order chi connectivity index (χ0) is 24.2. The lowest BCUT2D eigenvalue weighted by Gasteiger charge is -2.14. The molecule has 0 saturated heterocycles. The standard InChI is InChI=1S/C26H23N3O5/c1-16-9-10-21-25(32)22(24(31)17-7-5-4-6-8-17)14-29(26(21)27-16)15-23(30)28-18-11-19(33-2)13-20(12-18)34-3/h4-14H,15H2,1-3H3,(H,28,30). The zero-order valence-electron chi connectivity index (χ0n) is 19.0. The third kappa shape index (κ3) is 4.66. The topological polar surface area (TPSA) is 99.5 Å². The molecule has 2 aromatic carbocycles. The van der Waals surface area contributed by atoms with Crippen molar-refractivity contribution in [3.63, 3.8) is 0 Å². The van der Waals surface area contributed by atoms with Gasteiger partial charge in [0.1, 0.15) is 23.7 Å². The SMILES string of the molecule is COc1cc(NC(=O)Cn2cc(C(=O)c3ccccc3)c(=O)c3ccc(C)nc32)cc(OC)c1. The molecular weight excluding hydrogens is 434 g/mol. The summed E-state index contributed by atoms with van der Waals surface area (Å²) in [5.41, 5.74) is 1.43. The van der Waals surface area contributed by atoms with Crippen LogP contribution >= 0.6 is 0 Å². The molecule has 4 rings (SSSR count). The van der Waals surface area contributed by atoms with E-state index in [2.05, 4.69) is 10.3 Å². The summed E-state index contributed by atoms with van der Waals surface area (Å²) in [6, 6.07) is 16.9. The first-order valence-electron chi connectivity index (χ1n) is 10.5. The van der Waals surface area contributed by atoms with E-state index in [9.17, 15) is 14.4 Å². The van der Waals surface area contributed by atoms with Gasteiger partial charge < -0.3 is 19.4 Å². The fraction of sp³-hybridized carbons (Fsp3) is 0.154.